The zero-order valence-electron chi connectivity index (χ0n) is 10.2. The van der Waals surface area contributed by atoms with E-state index >= 15 is 0 Å². The molecule has 1 aliphatic heterocycles. The van der Waals surface area contributed by atoms with Crippen molar-refractivity contribution >= 4 is 11.7 Å². The number of ketones is 1. The Kier molecular flexibility index (Phi) is 3.94. The smallest absolute Gasteiger partial charge is 0.246 e. The van der Waals surface area contributed by atoms with Crippen LogP contribution in [-0.4, -0.2) is 54.2 Å². The highest BCUT2D eigenvalue weighted by molar-refractivity contribution is 5.95. The van der Waals surface area contributed by atoms with Crippen LogP contribution in [0.25, 0.3) is 0 Å². The van der Waals surface area contributed by atoms with E-state index in [4.69, 9.17) is 4.42 Å². The zero-order valence-corrected chi connectivity index (χ0v) is 10.2. The molecule has 0 radical (unpaired) electrons. The summed E-state index contributed by atoms with van der Waals surface area (Å²) in [5.41, 5.74) is 0. The lowest BCUT2D eigenvalue weighted by Crippen LogP contribution is -2.49. The summed E-state index contributed by atoms with van der Waals surface area (Å²) in [4.78, 5) is 27.0. The lowest BCUT2D eigenvalue weighted by molar-refractivity contribution is -0.127. The van der Waals surface area contributed by atoms with Crippen LogP contribution in [-0.2, 0) is 4.79 Å². The molecule has 0 atom stereocenters. The van der Waals surface area contributed by atoms with Crippen LogP contribution in [0.2, 0.25) is 0 Å². The quantitative estimate of drug-likeness (QED) is 0.584. The van der Waals surface area contributed by atoms with Crippen LogP contribution in [0.4, 0.5) is 0 Å². The number of piperazine rings is 1. The molecule has 1 aromatic heterocycles. The fraction of sp³-hybridized carbons (Fsp3) is 0.385. The molecule has 0 bridgehead atoms. The number of amides is 1. The van der Waals surface area contributed by atoms with Crippen molar-refractivity contribution in [3.8, 4) is 0 Å². The highest BCUT2D eigenvalue weighted by atomic mass is 16.3. The van der Waals surface area contributed by atoms with Gasteiger partial charge in [0.15, 0.2) is 5.76 Å². The van der Waals surface area contributed by atoms with Crippen LogP contribution >= 0.6 is 0 Å². The number of furan rings is 1. The van der Waals surface area contributed by atoms with Crippen molar-refractivity contribution < 1.29 is 14.0 Å². The lowest BCUT2D eigenvalue weighted by Gasteiger charge is -2.33. The van der Waals surface area contributed by atoms with Crippen molar-refractivity contribution in [3.05, 3.63) is 36.8 Å². The molecule has 0 unspecified atom stereocenters. The predicted molar refractivity (Wildman–Crippen MR) is 66.3 cm³/mol. The van der Waals surface area contributed by atoms with Gasteiger partial charge in [0.2, 0.25) is 11.7 Å². The van der Waals surface area contributed by atoms with Gasteiger partial charge in [-0.05, 0) is 18.2 Å². The first-order chi connectivity index (χ1) is 8.70. The maximum Gasteiger partial charge on any atom is 0.246 e. The second-order valence-electron chi connectivity index (χ2n) is 4.21. The standard InChI is InChI=1S/C13H16N2O3/c1-2-13(17)15-7-5-14(6-8-15)10-11(16)12-4-3-9-18-12/h2-4,9H,1,5-8,10H2. The van der Waals surface area contributed by atoms with Crippen LogP contribution in [0.1, 0.15) is 10.6 Å². The number of Topliss-reactive ketones (excluding diaryl/α,β-unsaturated/α-hetero) is 1. The predicted octanol–water partition coefficient (Wildman–Crippen LogP) is 0.792. The number of hydrogen-bond acceptors (Lipinski definition) is 4. The van der Waals surface area contributed by atoms with Crippen molar-refractivity contribution in [3.63, 3.8) is 0 Å². The van der Waals surface area contributed by atoms with E-state index in [1.807, 2.05) is 4.90 Å². The zero-order chi connectivity index (χ0) is 13.0. The Bertz CT molecular complexity index is 431. The fourth-order valence-electron chi connectivity index (χ4n) is 1.97. The minimum Gasteiger partial charge on any atom is -0.461 e. The number of hydrogen-bond donors (Lipinski definition) is 0. The molecule has 0 N–H and O–H groups in total. The van der Waals surface area contributed by atoms with Gasteiger partial charge < -0.3 is 9.32 Å². The van der Waals surface area contributed by atoms with Gasteiger partial charge in [-0.1, -0.05) is 6.58 Å². The molecular weight excluding hydrogens is 232 g/mol. The van der Waals surface area contributed by atoms with Crippen molar-refractivity contribution in [2.45, 2.75) is 0 Å². The number of nitrogens with zero attached hydrogens (tertiary/aromatic N) is 2. The van der Waals surface area contributed by atoms with Gasteiger partial charge in [-0.2, -0.15) is 0 Å². The molecule has 2 rings (SSSR count). The summed E-state index contributed by atoms with van der Waals surface area (Å²) >= 11 is 0. The average molecular weight is 248 g/mol. The molecule has 1 saturated heterocycles. The highest BCUT2D eigenvalue weighted by Gasteiger charge is 2.21. The molecular formula is C13H16N2O3. The third-order valence-corrected chi connectivity index (χ3v) is 3.02. The Balaban J connectivity index is 1.82. The van der Waals surface area contributed by atoms with Crippen LogP contribution in [0, 0.1) is 0 Å². The van der Waals surface area contributed by atoms with Gasteiger partial charge >= 0.3 is 0 Å². The molecule has 96 valence electrons. The Labute approximate surface area is 106 Å². The first-order valence-electron chi connectivity index (χ1n) is 5.91. The number of rotatable bonds is 4. The number of carbonyl (C=O) groups excluding carboxylic acids is 2. The Morgan fingerprint density at radius 2 is 2.06 bits per heavy atom. The molecule has 1 aromatic rings. The first kappa shape index (κ1) is 12.6. The van der Waals surface area contributed by atoms with Gasteiger partial charge in [-0.3, -0.25) is 14.5 Å². The maximum atomic E-state index is 11.8. The monoisotopic (exact) mass is 248 g/mol. The summed E-state index contributed by atoms with van der Waals surface area (Å²) in [6.45, 7) is 6.47. The summed E-state index contributed by atoms with van der Waals surface area (Å²) in [6.07, 6.45) is 2.82. The Morgan fingerprint density at radius 1 is 1.33 bits per heavy atom. The Hall–Kier alpha value is -1.88. The van der Waals surface area contributed by atoms with E-state index in [0.717, 1.165) is 0 Å². The molecule has 5 heteroatoms. The van der Waals surface area contributed by atoms with E-state index in [1.165, 1.54) is 12.3 Å². The van der Waals surface area contributed by atoms with Gasteiger partial charge in [0.05, 0.1) is 12.8 Å². The average Bonchev–Trinajstić information content (AvgIpc) is 2.92. The van der Waals surface area contributed by atoms with Gasteiger partial charge in [-0.15, -0.1) is 0 Å². The van der Waals surface area contributed by atoms with E-state index in [-0.39, 0.29) is 11.7 Å². The second kappa shape index (κ2) is 5.64. The van der Waals surface area contributed by atoms with Crippen LogP contribution in [0.5, 0.6) is 0 Å². The molecule has 5 nitrogen and oxygen atoms in total. The van der Waals surface area contributed by atoms with Crippen molar-refractivity contribution in [2.24, 2.45) is 0 Å². The van der Waals surface area contributed by atoms with Crippen LogP contribution < -0.4 is 0 Å². The van der Waals surface area contributed by atoms with E-state index in [0.29, 0.717) is 38.5 Å². The summed E-state index contributed by atoms with van der Waals surface area (Å²) in [7, 11) is 0. The first-order valence-corrected chi connectivity index (χ1v) is 5.91. The molecule has 1 aliphatic rings. The van der Waals surface area contributed by atoms with E-state index in [2.05, 4.69) is 6.58 Å². The molecule has 1 fully saturated rings. The van der Waals surface area contributed by atoms with Gasteiger partial charge in [0.1, 0.15) is 0 Å². The van der Waals surface area contributed by atoms with Crippen molar-refractivity contribution in [1.82, 2.24) is 9.80 Å². The van der Waals surface area contributed by atoms with E-state index in [9.17, 15) is 9.59 Å². The summed E-state index contributed by atoms with van der Waals surface area (Å²) < 4.78 is 5.06. The Morgan fingerprint density at radius 3 is 2.61 bits per heavy atom. The molecule has 18 heavy (non-hydrogen) atoms. The fourth-order valence-corrected chi connectivity index (χ4v) is 1.97. The van der Waals surface area contributed by atoms with Crippen LogP contribution in [0.15, 0.2) is 35.5 Å². The minimum atomic E-state index is -0.0491. The van der Waals surface area contributed by atoms with E-state index in [1.54, 1.807) is 17.0 Å². The highest BCUT2D eigenvalue weighted by Crippen LogP contribution is 2.06. The van der Waals surface area contributed by atoms with Crippen LogP contribution in [0.3, 0.4) is 0 Å². The molecule has 0 aliphatic carbocycles. The molecule has 0 saturated carbocycles. The number of carbonyl (C=O) groups is 2. The topological polar surface area (TPSA) is 53.8 Å². The molecule has 0 spiro atoms. The van der Waals surface area contributed by atoms with Gasteiger partial charge in [-0.25, -0.2) is 0 Å². The van der Waals surface area contributed by atoms with Gasteiger partial charge in [0.25, 0.3) is 0 Å². The summed E-state index contributed by atoms with van der Waals surface area (Å²) in [5.74, 6) is 0.315. The minimum absolute atomic E-state index is 0.0245. The molecule has 2 heterocycles. The third kappa shape index (κ3) is 2.87. The summed E-state index contributed by atoms with van der Waals surface area (Å²) in [5, 5.41) is 0. The molecule has 0 aromatic carbocycles. The SMILES string of the molecule is C=CC(=O)N1CCN(CC(=O)c2ccco2)CC1. The van der Waals surface area contributed by atoms with E-state index < -0.39 is 0 Å². The normalized spacial score (nSPS) is 16.6. The molecule has 1 amide bonds. The maximum absolute atomic E-state index is 11.8. The largest absolute Gasteiger partial charge is 0.461 e. The summed E-state index contributed by atoms with van der Waals surface area (Å²) in [6, 6.07) is 3.37. The second-order valence-corrected chi connectivity index (χ2v) is 4.21. The van der Waals surface area contributed by atoms with Crippen molar-refractivity contribution in [1.29, 1.82) is 0 Å². The third-order valence-electron chi connectivity index (χ3n) is 3.02. The lowest BCUT2D eigenvalue weighted by atomic mass is 10.2. The van der Waals surface area contributed by atoms with Gasteiger partial charge in [0, 0.05) is 26.2 Å². The van der Waals surface area contributed by atoms with Crippen molar-refractivity contribution in [2.75, 3.05) is 32.7 Å².